The highest BCUT2D eigenvalue weighted by molar-refractivity contribution is 6.30. The number of pyridine rings is 1. The van der Waals surface area contributed by atoms with Crippen LogP contribution >= 0.6 is 11.6 Å². The lowest BCUT2D eigenvalue weighted by molar-refractivity contribution is 0.782. The van der Waals surface area contributed by atoms with Gasteiger partial charge in [-0.05, 0) is 43.7 Å². The Morgan fingerprint density at radius 3 is 2.88 bits per heavy atom. The monoisotopic (exact) mass is 235 g/mol. The van der Waals surface area contributed by atoms with E-state index in [4.69, 9.17) is 17.3 Å². The van der Waals surface area contributed by atoms with Crippen molar-refractivity contribution < 1.29 is 0 Å². The van der Waals surface area contributed by atoms with Gasteiger partial charge in [0, 0.05) is 18.1 Å². The van der Waals surface area contributed by atoms with Crippen molar-refractivity contribution in [2.75, 3.05) is 6.54 Å². The molecule has 2 aromatic heterocycles. The minimum atomic E-state index is 0.652. The van der Waals surface area contributed by atoms with Crippen LogP contribution in [0.5, 0.6) is 0 Å². The summed E-state index contributed by atoms with van der Waals surface area (Å²) in [4.78, 5) is 4.29. The van der Waals surface area contributed by atoms with E-state index in [0.717, 1.165) is 18.7 Å². The standard InChI is InChI=1S/C12H14ClN3/c13-10-5-6-12(15-9-10)16-8-2-4-11(16)3-1-7-14/h2,4-6,8-9H,1,3,7,14H2. The van der Waals surface area contributed by atoms with Crippen molar-refractivity contribution in [3.8, 4) is 5.82 Å². The first-order chi connectivity index (χ1) is 7.81. The van der Waals surface area contributed by atoms with Crippen LogP contribution in [0, 0.1) is 0 Å². The Balaban J connectivity index is 2.26. The summed E-state index contributed by atoms with van der Waals surface area (Å²) in [5, 5.41) is 0.652. The number of hydrogen-bond donors (Lipinski definition) is 1. The van der Waals surface area contributed by atoms with Gasteiger partial charge in [-0.2, -0.15) is 0 Å². The molecule has 16 heavy (non-hydrogen) atoms. The third kappa shape index (κ3) is 2.43. The molecule has 0 radical (unpaired) electrons. The van der Waals surface area contributed by atoms with E-state index in [-0.39, 0.29) is 0 Å². The third-order valence-electron chi connectivity index (χ3n) is 2.43. The fraction of sp³-hybridized carbons (Fsp3) is 0.250. The highest BCUT2D eigenvalue weighted by Crippen LogP contribution is 2.14. The molecule has 0 atom stereocenters. The zero-order chi connectivity index (χ0) is 11.4. The molecule has 0 aliphatic rings. The van der Waals surface area contributed by atoms with Crippen molar-refractivity contribution in [1.29, 1.82) is 0 Å². The van der Waals surface area contributed by atoms with E-state index < -0.39 is 0 Å². The van der Waals surface area contributed by atoms with Gasteiger partial charge in [0.25, 0.3) is 0 Å². The molecule has 0 amide bonds. The van der Waals surface area contributed by atoms with E-state index in [0.29, 0.717) is 11.6 Å². The second-order valence-electron chi connectivity index (χ2n) is 3.60. The van der Waals surface area contributed by atoms with Gasteiger partial charge in [0.15, 0.2) is 0 Å². The molecule has 4 heteroatoms. The maximum absolute atomic E-state index is 5.81. The molecule has 2 aromatic rings. The lowest BCUT2D eigenvalue weighted by atomic mass is 10.2. The summed E-state index contributed by atoms with van der Waals surface area (Å²) in [7, 11) is 0. The summed E-state index contributed by atoms with van der Waals surface area (Å²) >= 11 is 5.81. The summed E-state index contributed by atoms with van der Waals surface area (Å²) in [5.41, 5.74) is 6.73. The number of nitrogens with two attached hydrogens (primary N) is 1. The Bertz CT molecular complexity index is 448. The van der Waals surface area contributed by atoms with E-state index in [1.807, 2.05) is 24.4 Å². The van der Waals surface area contributed by atoms with Crippen LogP contribution in [-0.4, -0.2) is 16.1 Å². The summed E-state index contributed by atoms with van der Waals surface area (Å²) in [6, 6.07) is 7.86. The minimum Gasteiger partial charge on any atom is -0.330 e. The Morgan fingerprint density at radius 1 is 1.31 bits per heavy atom. The normalized spacial score (nSPS) is 10.6. The molecular formula is C12H14ClN3. The highest BCUT2D eigenvalue weighted by Gasteiger charge is 2.03. The first kappa shape index (κ1) is 11.2. The molecule has 0 unspecified atom stereocenters. The minimum absolute atomic E-state index is 0.652. The first-order valence-corrected chi connectivity index (χ1v) is 5.67. The third-order valence-corrected chi connectivity index (χ3v) is 2.65. The van der Waals surface area contributed by atoms with Crippen LogP contribution < -0.4 is 5.73 Å². The van der Waals surface area contributed by atoms with Crippen molar-refractivity contribution in [2.24, 2.45) is 5.73 Å². The predicted molar refractivity (Wildman–Crippen MR) is 65.9 cm³/mol. The molecule has 2 heterocycles. The zero-order valence-electron chi connectivity index (χ0n) is 8.94. The molecule has 2 N–H and O–H groups in total. The second-order valence-corrected chi connectivity index (χ2v) is 4.03. The largest absolute Gasteiger partial charge is 0.330 e. The van der Waals surface area contributed by atoms with E-state index in [9.17, 15) is 0 Å². The van der Waals surface area contributed by atoms with Crippen molar-refractivity contribution >= 4 is 11.6 Å². The number of aromatic nitrogens is 2. The fourth-order valence-electron chi connectivity index (χ4n) is 1.64. The van der Waals surface area contributed by atoms with E-state index >= 15 is 0 Å². The molecule has 0 saturated heterocycles. The predicted octanol–water partition coefficient (Wildman–Crippen LogP) is 2.42. The topological polar surface area (TPSA) is 43.8 Å². The molecule has 0 saturated carbocycles. The van der Waals surface area contributed by atoms with E-state index in [1.54, 1.807) is 6.20 Å². The molecule has 0 aliphatic heterocycles. The number of aryl methyl sites for hydroxylation is 1. The van der Waals surface area contributed by atoms with Gasteiger partial charge in [-0.25, -0.2) is 4.98 Å². The lowest BCUT2D eigenvalue weighted by Crippen LogP contribution is -2.05. The molecule has 3 nitrogen and oxygen atoms in total. The summed E-state index contributed by atoms with van der Waals surface area (Å²) in [5.74, 6) is 0.890. The van der Waals surface area contributed by atoms with E-state index in [1.165, 1.54) is 5.69 Å². The Morgan fingerprint density at radius 2 is 2.19 bits per heavy atom. The lowest BCUT2D eigenvalue weighted by Gasteiger charge is -2.07. The summed E-state index contributed by atoms with van der Waals surface area (Å²) in [6.45, 7) is 0.708. The number of halogens is 1. The number of rotatable bonds is 4. The Kier molecular flexibility index (Phi) is 3.59. The smallest absolute Gasteiger partial charge is 0.136 e. The van der Waals surface area contributed by atoms with Crippen LogP contribution in [0.4, 0.5) is 0 Å². The average Bonchev–Trinajstić information content (AvgIpc) is 2.75. The first-order valence-electron chi connectivity index (χ1n) is 5.29. The van der Waals surface area contributed by atoms with Crippen molar-refractivity contribution in [1.82, 2.24) is 9.55 Å². The van der Waals surface area contributed by atoms with E-state index in [2.05, 4.69) is 15.6 Å². The van der Waals surface area contributed by atoms with Gasteiger partial charge < -0.3 is 10.3 Å². The number of nitrogens with zero attached hydrogens (tertiary/aromatic N) is 2. The SMILES string of the molecule is NCCCc1cccn1-c1ccc(Cl)cn1. The zero-order valence-corrected chi connectivity index (χ0v) is 9.69. The Hall–Kier alpha value is -1.32. The summed E-state index contributed by atoms with van der Waals surface area (Å²) < 4.78 is 2.06. The van der Waals surface area contributed by atoms with Gasteiger partial charge in [0.05, 0.1) is 5.02 Å². The van der Waals surface area contributed by atoms with Gasteiger partial charge in [0.2, 0.25) is 0 Å². The van der Waals surface area contributed by atoms with Crippen LogP contribution in [0.15, 0.2) is 36.7 Å². The highest BCUT2D eigenvalue weighted by atomic mass is 35.5. The quantitative estimate of drug-likeness (QED) is 0.885. The van der Waals surface area contributed by atoms with Crippen molar-refractivity contribution in [3.05, 3.63) is 47.4 Å². The van der Waals surface area contributed by atoms with Crippen molar-refractivity contribution in [2.45, 2.75) is 12.8 Å². The molecule has 0 aliphatic carbocycles. The summed E-state index contributed by atoms with van der Waals surface area (Å²) in [6.07, 6.45) is 5.61. The van der Waals surface area contributed by atoms with Crippen LogP contribution in [-0.2, 0) is 6.42 Å². The van der Waals surface area contributed by atoms with Crippen LogP contribution in [0.2, 0.25) is 5.02 Å². The molecule has 2 rings (SSSR count). The maximum Gasteiger partial charge on any atom is 0.136 e. The van der Waals surface area contributed by atoms with Gasteiger partial charge in [-0.3, -0.25) is 0 Å². The Labute approximate surface area is 99.9 Å². The van der Waals surface area contributed by atoms with Crippen LogP contribution in [0.25, 0.3) is 5.82 Å². The van der Waals surface area contributed by atoms with Crippen molar-refractivity contribution in [3.63, 3.8) is 0 Å². The molecule has 0 bridgehead atoms. The number of hydrogen-bond acceptors (Lipinski definition) is 2. The molecule has 0 aromatic carbocycles. The van der Waals surface area contributed by atoms with Gasteiger partial charge in [0.1, 0.15) is 5.82 Å². The van der Waals surface area contributed by atoms with Gasteiger partial charge in [-0.1, -0.05) is 11.6 Å². The van der Waals surface area contributed by atoms with Gasteiger partial charge >= 0.3 is 0 Å². The molecular weight excluding hydrogens is 222 g/mol. The van der Waals surface area contributed by atoms with Crippen LogP contribution in [0.3, 0.4) is 0 Å². The van der Waals surface area contributed by atoms with Crippen LogP contribution in [0.1, 0.15) is 12.1 Å². The van der Waals surface area contributed by atoms with Gasteiger partial charge in [-0.15, -0.1) is 0 Å². The second kappa shape index (κ2) is 5.14. The average molecular weight is 236 g/mol. The molecule has 0 fully saturated rings. The fourth-order valence-corrected chi connectivity index (χ4v) is 1.75. The maximum atomic E-state index is 5.81. The molecule has 84 valence electrons. The molecule has 0 spiro atoms.